The van der Waals surface area contributed by atoms with Gasteiger partial charge in [-0.3, -0.25) is 9.59 Å². The molecule has 2 amide bonds. The maximum atomic E-state index is 14.7. The topological polar surface area (TPSA) is 88.3 Å². The minimum atomic E-state index is -1.34. The minimum Gasteiger partial charge on any atom is -0.445 e. The summed E-state index contributed by atoms with van der Waals surface area (Å²) in [6.07, 6.45) is -0.138. The molecule has 0 saturated carbocycles. The van der Waals surface area contributed by atoms with Crippen molar-refractivity contribution < 1.29 is 22.8 Å². The van der Waals surface area contributed by atoms with Crippen molar-refractivity contribution in [3.8, 4) is 0 Å². The van der Waals surface area contributed by atoms with E-state index in [9.17, 15) is 18.4 Å². The number of aryl methyl sites for hydroxylation is 1. The molecule has 0 aliphatic carbocycles. The van der Waals surface area contributed by atoms with E-state index < -0.39 is 36.0 Å². The number of nitrogens with one attached hydrogen (secondary N) is 1. The largest absolute Gasteiger partial charge is 0.445 e. The number of amides is 2. The zero-order chi connectivity index (χ0) is 25.1. The lowest BCUT2D eigenvalue weighted by atomic mass is 9.99. The van der Waals surface area contributed by atoms with Gasteiger partial charge in [0.1, 0.15) is 24.4 Å². The third-order valence-corrected chi connectivity index (χ3v) is 6.08. The molecule has 1 N–H and O–H groups in total. The summed E-state index contributed by atoms with van der Waals surface area (Å²) in [6.45, 7) is 5.26. The first-order valence-electron chi connectivity index (χ1n) is 11.6. The summed E-state index contributed by atoms with van der Waals surface area (Å²) >= 11 is 0. The van der Waals surface area contributed by atoms with E-state index in [1.165, 1.54) is 11.1 Å². The molecule has 3 atom stereocenters. The normalized spacial score (nSPS) is 18.6. The number of aromatic nitrogens is 2. The molecule has 0 spiro atoms. The van der Waals surface area contributed by atoms with E-state index in [0.29, 0.717) is 22.6 Å². The Morgan fingerprint density at radius 2 is 1.94 bits per heavy atom. The molecule has 9 heteroatoms. The number of nitrogens with zero attached hydrogens (tertiary/aromatic N) is 3. The summed E-state index contributed by atoms with van der Waals surface area (Å²) in [7, 11) is 0. The summed E-state index contributed by atoms with van der Waals surface area (Å²) in [5.74, 6) is -0.870. The van der Waals surface area contributed by atoms with Gasteiger partial charge >= 0.3 is 0 Å². The Kier molecular flexibility index (Phi) is 7.23. The molecule has 1 aromatic carbocycles. The lowest BCUT2D eigenvalue weighted by Gasteiger charge is -2.26. The van der Waals surface area contributed by atoms with Crippen LogP contribution in [0.15, 0.2) is 53.1 Å². The summed E-state index contributed by atoms with van der Waals surface area (Å²) in [4.78, 5) is 35.6. The van der Waals surface area contributed by atoms with Gasteiger partial charge in [0, 0.05) is 12.0 Å². The van der Waals surface area contributed by atoms with Gasteiger partial charge in [0.2, 0.25) is 23.7 Å². The molecule has 4 rings (SSSR count). The number of carbonyl (C=O) groups is 2. The maximum absolute atomic E-state index is 14.7. The van der Waals surface area contributed by atoms with Gasteiger partial charge in [0.05, 0.1) is 24.5 Å². The van der Waals surface area contributed by atoms with E-state index in [1.54, 1.807) is 43.3 Å². The SMILES string of the molecule is Cc1cnc(CC(=O)N2CC(F)CC2C(=O)NC(c2ccccc2)c2ccc(C(C)C)c(F)n2)o1. The number of oxazole rings is 1. The Hall–Kier alpha value is -3.62. The molecule has 3 heterocycles. The van der Waals surface area contributed by atoms with Crippen LogP contribution in [0.25, 0.3) is 0 Å². The Labute approximate surface area is 202 Å². The molecule has 0 radical (unpaired) electrons. The highest BCUT2D eigenvalue weighted by molar-refractivity contribution is 5.89. The second kappa shape index (κ2) is 10.3. The van der Waals surface area contributed by atoms with Crippen LogP contribution in [0.2, 0.25) is 0 Å². The molecular weight excluding hydrogens is 454 g/mol. The highest BCUT2D eigenvalue weighted by Crippen LogP contribution is 2.27. The van der Waals surface area contributed by atoms with Gasteiger partial charge in [-0.2, -0.15) is 4.39 Å². The van der Waals surface area contributed by atoms with Crippen molar-refractivity contribution in [3.05, 3.63) is 83.1 Å². The number of alkyl halides is 1. The highest BCUT2D eigenvalue weighted by atomic mass is 19.1. The van der Waals surface area contributed by atoms with Crippen LogP contribution in [0, 0.1) is 12.9 Å². The van der Waals surface area contributed by atoms with E-state index in [2.05, 4.69) is 15.3 Å². The molecule has 1 fully saturated rings. The molecule has 1 aliphatic rings. The molecule has 35 heavy (non-hydrogen) atoms. The lowest BCUT2D eigenvalue weighted by molar-refractivity contribution is -0.138. The van der Waals surface area contributed by atoms with Crippen LogP contribution < -0.4 is 5.32 Å². The van der Waals surface area contributed by atoms with Gasteiger partial charge in [-0.05, 0) is 24.5 Å². The first kappa shape index (κ1) is 24.5. The molecular formula is C26H28F2N4O3. The van der Waals surface area contributed by atoms with Crippen LogP contribution in [0.1, 0.15) is 60.7 Å². The van der Waals surface area contributed by atoms with Crippen LogP contribution in [0.4, 0.5) is 8.78 Å². The Morgan fingerprint density at radius 3 is 2.57 bits per heavy atom. The van der Waals surface area contributed by atoms with Gasteiger partial charge in [0.15, 0.2) is 0 Å². The highest BCUT2D eigenvalue weighted by Gasteiger charge is 2.41. The average Bonchev–Trinajstić information content (AvgIpc) is 3.42. The monoisotopic (exact) mass is 482 g/mol. The zero-order valence-corrected chi connectivity index (χ0v) is 19.9. The number of halogens is 2. The fourth-order valence-electron chi connectivity index (χ4n) is 4.29. The molecule has 3 aromatic rings. The summed E-state index contributed by atoms with van der Waals surface area (Å²) in [5, 5.41) is 2.87. The quantitative estimate of drug-likeness (QED) is 0.514. The smallest absolute Gasteiger partial charge is 0.243 e. The maximum Gasteiger partial charge on any atom is 0.243 e. The predicted octanol–water partition coefficient (Wildman–Crippen LogP) is 4.03. The number of hydrogen-bond acceptors (Lipinski definition) is 5. The third-order valence-electron chi connectivity index (χ3n) is 6.08. The fraction of sp³-hybridized carbons (Fsp3) is 0.385. The van der Waals surface area contributed by atoms with Crippen molar-refractivity contribution in [2.75, 3.05) is 6.54 Å². The van der Waals surface area contributed by atoms with Gasteiger partial charge < -0.3 is 14.6 Å². The van der Waals surface area contributed by atoms with E-state index in [4.69, 9.17) is 4.42 Å². The molecule has 1 aliphatic heterocycles. The first-order chi connectivity index (χ1) is 16.7. The van der Waals surface area contributed by atoms with E-state index in [0.717, 1.165) is 0 Å². The van der Waals surface area contributed by atoms with E-state index in [1.807, 2.05) is 19.9 Å². The Balaban J connectivity index is 1.58. The minimum absolute atomic E-state index is 0.0479. The van der Waals surface area contributed by atoms with Crippen LogP contribution >= 0.6 is 0 Å². The lowest BCUT2D eigenvalue weighted by Crippen LogP contribution is -2.47. The number of carbonyl (C=O) groups excluding carboxylic acids is 2. The molecule has 1 saturated heterocycles. The number of pyridine rings is 1. The molecule has 2 aromatic heterocycles. The van der Waals surface area contributed by atoms with Gasteiger partial charge in [-0.15, -0.1) is 0 Å². The van der Waals surface area contributed by atoms with Gasteiger partial charge in [-0.1, -0.05) is 50.2 Å². The number of hydrogen-bond donors (Lipinski definition) is 1. The molecule has 184 valence electrons. The van der Waals surface area contributed by atoms with Gasteiger partial charge in [0.25, 0.3) is 0 Å². The molecule has 0 bridgehead atoms. The standard InChI is InChI=1S/C26H28F2N4O3/c1-15(2)19-9-10-20(30-25(19)28)24(17-7-5-4-6-8-17)31-26(34)21-11-18(27)14-32(21)23(33)12-22-29-13-16(3)35-22/h4-10,13,15,18,21,24H,11-12,14H2,1-3H3,(H,31,34). The number of likely N-dealkylation sites (tertiary alicyclic amines) is 1. The van der Waals surface area contributed by atoms with Crippen molar-refractivity contribution in [1.82, 2.24) is 20.2 Å². The Bertz CT molecular complexity index is 1200. The second-order valence-corrected chi connectivity index (χ2v) is 9.06. The van der Waals surface area contributed by atoms with Gasteiger partial charge in [-0.25, -0.2) is 14.4 Å². The first-order valence-corrected chi connectivity index (χ1v) is 11.6. The summed E-state index contributed by atoms with van der Waals surface area (Å²) in [5.41, 5.74) is 1.48. The van der Waals surface area contributed by atoms with Crippen molar-refractivity contribution >= 4 is 11.8 Å². The summed E-state index contributed by atoms with van der Waals surface area (Å²) < 4.78 is 34.4. The van der Waals surface area contributed by atoms with E-state index >= 15 is 0 Å². The van der Waals surface area contributed by atoms with Crippen LogP contribution in [0.5, 0.6) is 0 Å². The van der Waals surface area contributed by atoms with Crippen LogP contribution in [-0.2, 0) is 16.0 Å². The zero-order valence-electron chi connectivity index (χ0n) is 19.9. The average molecular weight is 483 g/mol. The third kappa shape index (κ3) is 5.55. The number of benzene rings is 1. The van der Waals surface area contributed by atoms with Crippen LogP contribution in [0.3, 0.4) is 0 Å². The molecule has 3 unspecified atom stereocenters. The van der Waals surface area contributed by atoms with Crippen molar-refractivity contribution in [2.24, 2.45) is 0 Å². The van der Waals surface area contributed by atoms with Crippen molar-refractivity contribution in [2.45, 2.75) is 57.8 Å². The van der Waals surface area contributed by atoms with Crippen molar-refractivity contribution in [3.63, 3.8) is 0 Å². The Morgan fingerprint density at radius 1 is 1.20 bits per heavy atom. The molecule has 7 nitrogen and oxygen atoms in total. The fourth-order valence-corrected chi connectivity index (χ4v) is 4.29. The van der Waals surface area contributed by atoms with Crippen molar-refractivity contribution in [1.29, 1.82) is 0 Å². The number of rotatable bonds is 7. The predicted molar refractivity (Wildman–Crippen MR) is 125 cm³/mol. The van der Waals surface area contributed by atoms with E-state index in [-0.39, 0.29) is 31.2 Å². The van der Waals surface area contributed by atoms with Crippen LogP contribution in [-0.4, -0.2) is 45.4 Å². The second-order valence-electron chi connectivity index (χ2n) is 9.06. The summed E-state index contributed by atoms with van der Waals surface area (Å²) in [6, 6.07) is 10.6.